The maximum Gasteiger partial charge on any atom is 0.243 e. The third-order valence-electron chi connectivity index (χ3n) is 3.53. The lowest BCUT2D eigenvalue weighted by atomic mass is 10.2. The van der Waals surface area contributed by atoms with E-state index in [9.17, 15) is 9.59 Å². The molecular weight excluding hydrogens is 324 g/mol. The van der Waals surface area contributed by atoms with Gasteiger partial charge in [0.1, 0.15) is 6.54 Å². The SMILES string of the molecule is CCN1CC(=O)N(Cc2c(Br)c(C)nn2CC)CC1=O. The molecule has 2 rings (SSSR count). The van der Waals surface area contributed by atoms with Gasteiger partial charge in [0.25, 0.3) is 0 Å². The summed E-state index contributed by atoms with van der Waals surface area (Å²) in [5.74, 6) is -0.0117. The first-order chi connectivity index (χ1) is 9.47. The summed E-state index contributed by atoms with van der Waals surface area (Å²) < 4.78 is 2.78. The number of amides is 2. The van der Waals surface area contributed by atoms with E-state index in [1.807, 2.05) is 25.5 Å². The molecule has 1 aromatic heterocycles. The fourth-order valence-electron chi connectivity index (χ4n) is 2.34. The Labute approximate surface area is 126 Å². The van der Waals surface area contributed by atoms with Crippen LogP contribution in [-0.4, -0.2) is 51.0 Å². The van der Waals surface area contributed by atoms with E-state index in [0.717, 1.165) is 22.4 Å². The zero-order chi connectivity index (χ0) is 14.9. The van der Waals surface area contributed by atoms with Crippen LogP contribution >= 0.6 is 15.9 Å². The second kappa shape index (κ2) is 5.95. The maximum absolute atomic E-state index is 12.1. The van der Waals surface area contributed by atoms with Gasteiger partial charge in [0.05, 0.1) is 29.0 Å². The number of piperazine rings is 1. The molecule has 1 aromatic rings. The first-order valence-electron chi connectivity index (χ1n) is 6.75. The molecule has 0 atom stereocenters. The lowest BCUT2D eigenvalue weighted by Gasteiger charge is -2.33. The molecule has 1 fully saturated rings. The zero-order valence-corrected chi connectivity index (χ0v) is 13.6. The summed E-state index contributed by atoms with van der Waals surface area (Å²) in [6.07, 6.45) is 0. The van der Waals surface area contributed by atoms with Crippen molar-refractivity contribution in [3.8, 4) is 0 Å². The van der Waals surface area contributed by atoms with Crippen molar-refractivity contribution < 1.29 is 9.59 Å². The van der Waals surface area contributed by atoms with Crippen molar-refractivity contribution in [3.63, 3.8) is 0 Å². The van der Waals surface area contributed by atoms with E-state index < -0.39 is 0 Å². The highest BCUT2D eigenvalue weighted by molar-refractivity contribution is 9.10. The van der Waals surface area contributed by atoms with E-state index in [1.165, 1.54) is 0 Å². The van der Waals surface area contributed by atoms with Gasteiger partial charge in [-0.25, -0.2) is 0 Å². The predicted octanol–water partition coefficient (Wildman–Crippen LogP) is 1.16. The number of hydrogen-bond acceptors (Lipinski definition) is 3. The smallest absolute Gasteiger partial charge is 0.243 e. The van der Waals surface area contributed by atoms with Crippen molar-refractivity contribution in [3.05, 3.63) is 15.9 Å². The number of aromatic nitrogens is 2. The molecule has 110 valence electrons. The van der Waals surface area contributed by atoms with Crippen LogP contribution in [0.5, 0.6) is 0 Å². The molecule has 1 aliphatic heterocycles. The number of carbonyl (C=O) groups excluding carboxylic acids is 2. The molecule has 2 heterocycles. The third kappa shape index (κ3) is 2.72. The average molecular weight is 343 g/mol. The van der Waals surface area contributed by atoms with Crippen LogP contribution in [0.2, 0.25) is 0 Å². The minimum atomic E-state index is -0.0140. The zero-order valence-electron chi connectivity index (χ0n) is 12.0. The Hall–Kier alpha value is -1.37. The van der Waals surface area contributed by atoms with Gasteiger partial charge in [-0.05, 0) is 36.7 Å². The average Bonchev–Trinajstić information content (AvgIpc) is 2.70. The van der Waals surface area contributed by atoms with Gasteiger partial charge < -0.3 is 9.80 Å². The molecule has 0 radical (unpaired) electrons. The van der Waals surface area contributed by atoms with Crippen LogP contribution in [0.1, 0.15) is 25.2 Å². The van der Waals surface area contributed by atoms with E-state index in [-0.39, 0.29) is 24.9 Å². The molecule has 0 aromatic carbocycles. The molecule has 0 N–H and O–H groups in total. The molecule has 0 spiro atoms. The van der Waals surface area contributed by atoms with Gasteiger partial charge in [0.2, 0.25) is 11.8 Å². The van der Waals surface area contributed by atoms with Gasteiger partial charge in [0, 0.05) is 13.1 Å². The molecular formula is C13H19BrN4O2. The topological polar surface area (TPSA) is 58.4 Å². The summed E-state index contributed by atoms with van der Waals surface area (Å²) in [6.45, 7) is 7.85. The molecule has 0 bridgehead atoms. The fraction of sp³-hybridized carbons (Fsp3) is 0.615. The van der Waals surface area contributed by atoms with Crippen LogP contribution in [0.4, 0.5) is 0 Å². The third-order valence-corrected chi connectivity index (χ3v) is 4.56. The van der Waals surface area contributed by atoms with E-state index >= 15 is 0 Å². The van der Waals surface area contributed by atoms with Gasteiger partial charge in [-0.3, -0.25) is 14.3 Å². The minimum absolute atomic E-state index is 0.00232. The summed E-state index contributed by atoms with van der Waals surface area (Å²) in [5.41, 5.74) is 1.84. The van der Waals surface area contributed by atoms with Gasteiger partial charge in [0.15, 0.2) is 0 Å². The van der Waals surface area contributed by atoms with Gasteiger partial charge in [-0.1, -0.05) is 0 Å². The number of hydrogen-bond donors (Lipinski definition) is 0. The summed E-state index contributed by atoms with van der Waals surface area (Å²) >= 11 is 3.51. The first-order valence-corrected chi connectivity index (χ1v) is 7.54. The van der Waals surface area contributed by atoms with Crippen molar-refractivity contribution in [2.24, 2.45) is 0 Å². The van der Waals surface area contributed by atoms with Crippen LogP contribution in [0.15, 0.2) is 4.47 Å². The number of halogens is 1. The number of aryl methyl sites for hydroxylation is 2. The fourth-order valence-corrected chi connectivity index (χ4v) is 2.75. The summed E-state index contributed by atoms with van der Waals surface area (Å²) in [6, 6.07) is 0. The number of nitrogens with zero attached hydrogens (tertiary/aromatic N) is 4. The summed E-state index contributed by atoms with van der Waals surface area (Å²) in [7, 11) is 0. The highest BCUT2D eigenvalue weighted by Crippen LogP contribution is 2.23. The molecule has 0 saturated carbocycles. The summed E-state index contributed by atoms with van der Waals surface area (Å²) in [5, 5.41) is 4.41. The standard InChI is InChI=1S/C13H19BrN4O2/c1-4-16-7-12(20)17(8-11(16)19)6-10-13(14)9(3)15-18(10)5-2/h4-8H2,1-3H3. The molecule has 1 aliphatic rings. The van der Waals surface area contributed by atoms with Gasteiger partial charge in [-0.15, -0.1) is 0 Å². The van der Waals surface area contributed by atoms with E-state index in [0.29, 0.717) is 13.1 Å². The molecule has 1 saturated heterocycles. The Morgan fingerprint density at radius 3 is 2.30 bits per heavy atom. The molecule has 6 nitrogen and oxygen atoms in total. The molecule has 7 heteroatoms. The molecule has 0 aliphatic carbocycles. The largest absolute Gasteiger partial charge is 0.332 e. The predicted molar refractivity (Wildman–Crippen MR) is 78.0 cm³/mol. The maximum atomic E-state index is 12.1. The lowest BCUT2D eigenvalue weighted by molar-refractivity contribution is -0.150. The highest BCUT2D eigenvalue weighted by Gasteiger charge is 2.30. The number of likely N-dealkylation sites (N-methyl/N-ethyl adjacent to an activating group) is 1. The summed E-state index contributed by atoms with van der Waals surface area (Å²) in [4.78, 5) is 27.2. The van der Waals surface area contributed by atoms with Crippen molar-refractivity contribution in [1.29, 1.82) is 0 Å². The highest BCUT2D eigenvalue weighted by atomic mass is 79.9. The normalized spacial score (nSPS) is 16.2. The van der Waals surface area contributed by atoms with Crippen LogP contribution in [0.25, 0.3) is 0 Å². The molecule has 2 amide bonds. The Morgan fingerprint density at radius 2 is 1.70 bits per heavy atom. The minimum Gasteiger partial charge on any atom is -0.332 e. The van der Waals surface area contributed by atoms with E-state index in [4.69, 9.17) is 0 Å². The van der Waals surface area contributed by atoms with Crippen LogP contribution in [0, 0.1) is 6.92 Å². The van der Waals surface area contributed by atoms with Crippen molar-refractivity contribution in [2.45, 2.75) is 33.9 Å². The Bertz CT molecular complexity index is 541. The number of rotatable bonds is 4. The van der Waals surface area contributed by atoms with Gasteiger partial charge >= 0.3 is 0 Å². The van der Waals surface area contributed by atoms with Crippen LogP contribution in [-0.2, 0) is 22.7 Å². The van der Waals surface area contributed by atoms with Gasteiger partial charge in [-0.2, -0.15) is 5.10 Å². The van der Waals surface area contributed by atoms with Crippen molar-refractivity contribution in [1.82, 2.24) is 19.6 Å². The van der Waals surface area contributed by atoms with Crippen LogP contribution < -0.4 is 0 Å². The Kier molecular flexibility index (Phi) is 4.47. The lowest BCUT2D eigenvalue weighted by Crippen LogP contribution is -2.53. The Balaban J connectivity index is 2.18. The van der Waals surface area contributed by atoms with Crippen molar-refractivity contribution >= 4 is 27.7 Å². The van der Waals surface area contributed by atoms with E-state index in [2.05, 4.69) is 21.0 Å². The van der Waals surface area contributed by atoms with E-state index in [1.54, 1.807) is 9.80 Å². The molecule has 20 heavy (non-hydrogen) atoms. The monoisotopic (exact) mass is 342 g/mol. The van der Waals surface area contributed by atoms with Crippen molar-refractivity contribution in [2.75, 3.05) is 19.6 Å². The quantitative estimate of drug-likeness (QED) is 0.825. The Morgan fingerprint density at radius 1 is 1.10 bits per heavy atom. The second-order valence-electron chi connectivity index (χ2n) is 4.82. The van der Waals surface area contributed by atoms with Crippen LogP contribution in [0.3, 0.4) is 0 Å². The molecule has 0 unspecified atom stereocenters. The first kappa shape index (κ1) is 15.0. The number of carbonyl (C=O) groups is 2. The second-order valence-corrected chi connectivity index (χ2v) is 5.61.